The molecule has 8 aromatic rings. The zero-order valence-electron chi connectivity index (χ0n) is 42.4. The molecule has 0 radical (unpaired) electrons. The van der Waals surface area contributed by atoms with Crippen LogP contribution < -0.4 is 5.46 Å². The van der Waals surface area contributed by atoms with Crippen molar-refractivity contribution in [2.45, 2.75) is 77.3 Å². The number of hydrogen-bond acceptors (Lipinski definition) is 6. The van der Waals surface area contributed by atoms with Gasteiger partial charge in [-0.3, -0.25) is 19.2 Å². The second-order valence-corrected chi connectivity index (χ2v) is 23.0. The molecule has 0 saturated heterocycles. The molecule has 0 bridgehead atoms. The molecule has 6 aromatic carbocycles. The number of hydrogen-bond donors (Lipinski definition) is 4. The number of halogens is 5. The Labute approximate surface area is 456 Å². The summed E-state index contributed by atoms with van der Waals surface area (Å²) in [5, 5.41) is 36.2. The van der Waals surface area contributed by atoms with Gasteiger partial charge in [-0.2, -0.15) is 0 Å². The Kier molecular flexibility index (Phi) is 15.5. The second kappa shape index (κ2) is 22.3. The zero-order valence-corrected chi connectivity index (χ0v) is 44.0. The number of aromatic nitrogens is 2. The van der Waals surface area contributed by atoms with Crippen molar-refractivity contribution in [2.24, 2.45) is 34.5 Å². The maximum atomic E-state index is 14.6. The first-order valence-electron chi connectivity index (χ1n) is 26.1. The lowest BCUT2D eigenvalue weighted by atomic mass is 9.47. The predicted molar refractivity (Wildman–Crippen MR) is 293 cm³/mol. The lowest BCUT2D eigenvalue weighted by Crippen LogP contribution is -2.50. The SMILES string of the molecule is O=C(CC1CC2(C1)CC(C(=O)O)C2)c1ccc(F)c2ccn(Cc3ccc(-c4cccc(F)c4)cc3)c12.O=C(CC1CC2(C1)CC(C(=O)O)C2)c1ccc(F)c2ccn(Cc3ccc(Br)cc3)c12.OB(O)c1cccc(F)c1. The van der Waals surface area contributed by atoms with E-state index in [4.69, 9.17) is 20.3 Å². The van der Waals surface area contributed by atoms with Crippen LogP contribution in [-0.4, -0.2) is 60.0 Å². The minimum atomic E-state index is -1.59. The third-order valence-corrected chi connectivity index (χ3v) is 17.0. The van der Waals surface area contributed by atoms with Gasteiger partial charge in [0.15, 0.2) is 11.6 Å². The lowest BCUT2D eigenvalue weighted by Gasteiger charge is -2.56. The van der Waals surface area contributed by atoms with Crippen molar-refractivity contribution < 1.29 is 57.0 Å². The van der Waals surface area contributed by atoms with Gasteiger partial charge in [0, 0.05) is 64.7 Å². The summed E-state index contributed by atoms with van der Waals surface area (Å²) < 4.78 is 59.9. The first-order valence-corrected chi connectivity index (χ1v) is 26.9. The van der Waals surface area contributed by atoms with Crippen molar-refractivity contribution in [3.05, 3.63) is 196 Å². The highest BCUT2D eigenvalue weighted by Gasteiger charge is 2.56. The molecule has 2 spiro atoms. The van der Waals surface area contributed by atoms with Crippen molar-refractivity contribution in [3.63, 3.8) is 0 Å². The average molecular weight is 1120 g/mol. The van der Waals surface area contributed by atoms with Crippen LogP contribution in [0, 0.1) is 57.8 Å². The summed E-state index contributed by atoms with van der Waals surface area (Å²) in [5.74, 6) is -2.72. The summed E-state index contributed by atoms with van der Waals surface area (Å²) in [6, 6.07) is 36.7. The van der Waals surface area contributed by atoms with E-state index in [9.17, 15) is 36.7 Å². The molecule has 10 nitrogen and oxygen atoms in total. The molecule has 4 aliphatic carbocycles. The number of aliphatic carboxylic acids is 2. The van der Waals surface area contributed by atoms with Gasteiger partial charge in [0.2, 0.25) is 0 Å². The number of rotatable bonds is 14. The molecular formula is C62H56BBrF4N2O8. The van der Waals surface area contributed by atoms with Gasteiger partial charge in [-0.05, 0) is 175 Å². The third-order valence-electron chi connectivity index (χ3n) is 16.5. The molecule has 16 heteroatoms. The maximum absolute atomic E-state index is 14.6. The normalized spacial score (nSPS) is 21.7. The van der Waals surface area contributed by atoms with E-state index in [-0.39, 0.29) is 69.0 Å². The lowest BCUT2D eigenvalue weighted by molar-refractivity contribution is -0.158. The first kappa shape index (κ1) is 54.2. The van der Waals surface area contributed by atoms with Gasteiger partial charge < -0.3 is 29.4 Å². The predicted octanol–water partition coefficient (Wildman–Crippen LogP) is 12.7. The fourth-order valence-electron chi connectivity index (χ4n) is 12.8. The van der Waals surface area contributed by atoms with Crippen LogP contribution >= 0.6 is 15.9 Å². The number of benzene rings is 6. The van der Waals surface area contributed by atoms with Crippen LogP contribution in [0.5, 0.6) is 0 Å². The summed E-state index contributed by atoms with van der Waals surface area (Å²) in [7, 11) is -1.59. The van der Waals surface area contributed by atoms with Gasteiger partial charge in [-0.1, -0.05) is 76.6 Å². The van der Waals surface area contributed by atoms with Crippen molar-refractivity contribution in [1.82, 2.24) is 9.13 Å². The summed E-state index contributed by atoms with van der Waals surface area (Å²) >= 11 is 3.44. The molecule has 2 aromatic heterocycles. The van der Waals surface area contributed by atoms with E-state index in [1.807, 2.05) is 76.1 Å². The van der Waals surface area contributed by atoms with Gasteiger partial charge in [0.1, 0.15) is 23.3 Å². The third kappa shape index (κ3) is 11.7. The molecule has 2 heterocycles. The number of fused-ring (bicyclic) bond motifs is 2. The number of carboxylic acids is 2. The fourth-order valence-corrected chi connectivity index (χ4v) is 13.0. The maximum Gasteiger partial charge on any atom is 0.488 e. The van der Waals surface area contributed by atoms with Crippen LogP contribution in [0.25, 0.3) is 32.9 Å². The molecule has 12 rings (SSSR count). The summed E-state index contributed by atoms with van der Waals surface area (Å²) in [4.78, 5) is 48.7. The number of carboxylic acid groups (broad SMARTS) is 2. The van der Waals surface area contributed by atoms with Crippen molar-refractivity contribution >= 4 is 73.8 Å². The quantitative estimate of drug-likeness (QED) is 0.0476. The molecule has 4 fully saturated rings. The van der Waals surface area contributed by atoms with E-state index >= 15 is 0 Å². The van der Waals surface area contributed by atoms with Gasteiger partial charge in [-0.25, -0.2) is 17.6 Å². The summed E-state index contributed by atoms with van der Waals surface area (Å²) in [6.45, 7) is 1.03. The highest BCUT2D eigenvalue weighted by Crippen LogP contribution is 2.63. The van der Waals surface area contributed by atoms with Crippen LogP contribution in [0.15, 0.2) is 150 Å². The van der Waals surface area contributed by atoms with E-state index in [0.717, 1.165) is 71.3 Å². The van der Waals surface area contributed by atoms with Gasteiger partial charge in [-0.15, -0.1) is 0 Å². The molecule has 0 unspecified atom stereocenters. The first-order chi connectivity index (χ1) is 37.3. The van der Waals surface area contributed by atoms with Gasteiger partial charge in [0.05, 0.1) is 22.9 Å². The summed E-state index contributed by atoms with van der Waals surface area (Å²) in [6.07, 6.45) is 11.0. The highest BCUT2D eigenvalue weighted by atomic mass is 79.9. The monoisotopic (exact) mass is 1120 g/mol. The van der Waals surface area contributed by atoms with Crippen molar-refractivity contribution in [2.75, 3.05) is 0 Å². The Hall–Kier alpha value is -7.14. The molecule has 0 amide bonds. The molecular weight excluding hydrogens is 1070 g/mol. The van der Waals surface area contributed by atoms with E-state index in [1.165, 1.54) is 42.5 Å². The van der Waals surface area contributed by atoms with E-state index in [0.29, 0.717) is 71.7 Å². The second-order valence-electron chi connectivity index (χ2n) is 22.1. The van der Waals surface area contributed by atoms with Gasteiger partial charge in [0.25, 0.3) is 0 Å². The van der Waals surface area contributed by atoms with Crippen LogP contribution in [0.2, 0.25) is 0 Å². The molecule has 400 valence electrons. The Morgan fingerprint density at radius 1 is 0.526 bits per heavy atom. The minimum absolute atomic E-state index is 0.000334. The van der Waals surface area contributed by atoms with E-state index in [2.05, 4.69) is 15.9 Å². The number of Topliss-reactive ketones (excluding diaryl/α,β-unsaturated/α-hetero) is 2. The minimum Gasteiger partial charge on any atom is -0.481 e. The topological polar surface area (TPSA) is 159 Å². The van der Waals surface area contributed by atoms with E-state index < -0.39 is 24.9 Å². The Morgan fingerprint density at radius 3 is 1.37 bits per heavy atom. The van der Waals surface area contributed by atoms with Crippen LogP contribution in [0.4, 0.5) is 17.6 Å². The average Bonchev–Trinajstić information content (AvgIpc) is 4.08. The number of ketones is 2. The van der Waals surface area contributed by atoms with Crippen LogP contribution in [0.3, 0.4) is 0 Å². The Balaban J connectivity index is 0.000000152. The van der Waals surface area contributed by atoms with Crippen molar-refractivity contribution in [3.8, 4) is 11.1 Å². The Morgan fingerprint density at radius 2 is 0.962 bits per heavy atom. The smallest absolute Gasteiger partial charge is 0.481 e. The largest absolute Gasteiger partial charge is 0.488 e. The molecule has 0 atom stereocenters. The van der Waals surface area contributed by atoms with Crippen LogP contribution in [0.1, 0.15) is 96.1 Å². The van der Waals surface area contributed by atoms with Crippen LogP contribution in [-0.2, 0) is 22.7 Å². The standard InChI is InChI=1S/C31H27F2NO3.C25H23BrFNO3.C6H6BFO2/c32-24-3-1-2-22(13-24)21-6-4-19(5-7-21)18-34-11-10-25-27(33)9-8-26(29(25)34)28(35)12-20-14-31(15-20)16-23(17-31)30(36)37;26-18-3-1-15(2-4-18)14-28-8-7-19-21(27)6-5-20(23(19)28)22(29)9-16-10-25(11-16)12-17(13-25)24(30)31;8-6-3-1-2-5(4-6)7(9)10/h1-11,13,20,23H,12,14-18H2,(H,36,37);1-8,16-17H,9-14H2,(H,30,31);1-4,9-10H. The fraction of sp³-hybridized carbons (Fsp3) is 0.290. The number of carbonyl (C=O) groups is 4. The molecule has 4 N–H and O–H groups in total. The van der Waals surface area contributed by atoms with E-state index in [1.54, 1.807) is 30.3 Å². The number of carbonyl (C=O) groups excluding carboxylic acids is 2. The molecule has 4 aliphatic rings. The Bertz CT molecular complexity index is 3550. The molecule has 78 heavy (non-hydrogen) atoms. The highest BCUT2D eigenvalue weighted by molar-refractivity contribution is 9.10. The van der Waals surface area contributed by atoms with Gasteiger partial charge >= 0.3 is 19.1 Å². The van der Waals surface area contributed by atoms with Crippen molar-refractivity contribution in [1.29, 1.82) is 0 Å². The zero-order chi connectivity index (χ0) is 55.0. The molecule has 0 aliphatic heterocycles. The number of nitrogens with zero attached hydrogens (tertiary/aromatic N) is 2. The molecule has 4 saturated carbocycles. The summed E-state index contributed by atoms with van der Waals surface area (Å²) in [5.41, 5.74) is 6.53.